The van der Waals surface area contributed by atoms with Gasteiger partial charge in [0.2, 0.25) is 0 Å². The first-order valence-electron chi connectivity index (χ1n) is 5.58. The molecule has 14 heavy (non-hydrogen) atoms. The van der Waals surface area contributed by atoms with E-state index in [0.29, 0.717) is 12.0 Å². The first-order chi connectivity index (χ1) is 6.66. The minimum absolute atomic E-state index is 0.568. The molecule has 1 N–H and O–H groups in total. The van der Waals surface area contributed by atoms with Crippen molar-refractivity contribution < 1.29 is 4.74 Å². The lowest BCUT2D eigenvalue weighted by molar-refractivity contribution is 0.102. The van der Waals surface area contributed by atoms with Crippen molar-refractivity contribution in [2.75, 3.05) is 19.8 Å². The quantitative estimate of drug-likeness (QED) is 0.455. The van der Waals surface area contributed by atoms with Crippen LogP contribution in [-0.4, -0.2) is 25.8 Å². The molecule has 0 aromatic rings. The number of nitrogens with one attached hydrogen (secondary N) is 1. The standard InChI is InChI=1S/C12H25NO/c1-5-6-7-8-14-10-12(4)9-13-11(2)3/h5,11-13H,1,6-10H2,2-4H3. The summed E-state index contributed by atoms with van der Waals surface area (Å²) in [6.07, 6.45) is 4.08. The van der Waals surface area contributed by atoms with Crippen LogP contribution in [0.1, 0.15) is 33.6 Å². The number of hydrogen-bond acceptors (Lipinski definition) is 2. The van der Waals surface area contributed by atoms with Gasteiger partial charge in [-0.1, -0.05) is 26.8 Å². The highest BCUT2D eigenvalue weighted by Gasteiger charge is 2.02. The maximum Gasteiger partial charge on any atom is 0.0503 e. The third kappa shape index (κ3) is 9.75. The normalized spacial score (nSPS) is 13.1. The molecule has 0 aliphatic heterocycles. The van der Waals surface area contributed by atoms with Crippen molar-refractivity contribution in [2.24, 2.45) is 5.92 Å². The summed E-state index contributed by atoms with van der Waals surface area (Å²) in [6.45, 7) is 13.0. The van der Waals surface area contributed by atoms with Crippen LogP contribution in [0.5, 0.6) is 0 Å². The summed E-state index contributed by atoms with van der Waals surface area (Å²) in [7, 11) is 0. The van der Waals surface area contributed by atoms with E-state index in [2.05, 4.69) is 32.7 Å². The third-order valence-corrected chi connectivity index (χ3v) is 1.97. The highest BCUT2D eigenvalue weighted by Crippen LogP contribution is 1.97. The molecule has 0 spiro atoms. The summed E-state index contributed by atoms with van der Waals surface area (Å²) >= 11 is 0. The van der Waals surface area contributed by atoms with E-state index in [9.17, 15) is 0 Å². The Morgan fingerprint density at radius 3 is 2.64 bits per heavy atom. The fourth-order valence-corrected chi connectivity index (χ4v) is 1.11. The Balaban J connectivity index is 3.17. The van der Waals surface area contributed by atoms with Crippen LogP contribution < -0.4 is 5.32 Å². The van der Waals surface area contributed by atoms with E-state index < -0.39 is 0 Å². The van der Waals surface area contributed by atoms with E-state index in [1.807, 2.05) is 6.08 Å². The second-order valence-corrected chi connectivity index (χ2v) is 4.17. The van der Waals surface area contributed by atoms with Crippen LogP contribution in [0.2, 0.25) is 0 Å². The van der Waals surface area contributed by atoms with Gasteiger partial charge in [0.15, 0.2) is 0 Å². The molecule has 0 rings (SSSR count). The smallest absolute Gasteiger partial charge is 0.0503 e. The molecule has 0 heterocycles. The van der Waals surface area contributed by atoms with E-state index in [0.717, 1.165) is 32.6 Å². The van der Waals surface area contributed by atoms with Gasteiger partial charge in [0.1, 0.15) is 0 Å². The van der Waals surface area contributed by atoms with Gasteiger partial charge in [-0.2, -0.15) is 0 Å². The molecule has 0 aromatic heterocycles. The van der Waals surface area contributed by atoms with Gasteiger partial charge < -0.3 is 10.1 Å². The fraction of sp³-hybridized carbons (Fsp3) is 0.833. The molecule has 0 aromatic carbocycles. The van der Waals surface area contributed by atoms with Crippen LogP contribution >= 0.6 is 0 Å². The monoisotopic (exact) mass is 199 g/mol. The number of hydrogen-bond donors (Lipinski definition) is 1. The van der Waals surface area contributed by atoms with Gasteiger partial charge in [-0.25, -0.2) is 0 Å². The highest BCUT2D eigenvalue weighted by atomic mass is 16.5. The molecule has 0 aliphatic carbocycles. The van der Waals surface area contributed by atoms with E-state index in [1.54, 1.807) is 0 Å². The summed E-state index contributed by atoms with van der Waals surface area (Å²) in [5.74, 6) is 0.598. The Morgan fingerprint density at radius 1 is 1.36 bits per heavy atom. The van der Waals surface area contributed by atoms with Crippen molar-refractivity contribution in [3.05, 3.63) is 12.7 Å². The summed E-state index contributed by atoms with van der Waals surface area (Å²) in [5, 5.41) is 3.40. The zero-order valence-electron chi connectivity index (χ0n) is 9.88. The van der Waals surface area contributed by atoms with Crippen molar-refractivity contribution >= 4 is 0 Å². The third-order valence-electron chi connectivity index (χ3n) is 1.97. The number of ether oxygens (including phenoxy) is 1. The van der Waals surface area contributed by atoms with Crippen LogP contribution in [0.15, 0.2) is 12.7 Å². The van der Waals surface area contributed by atoms with Gasteiger partial charge in [0, 0.05) is 19.2 Å². The number of allylic oxidation sites excluding steroid dienone is 1. The topological polar surface area (TPSA) is 21.3 Å². The summed E-state index contributed by atoms with van der Waals surface area (Å²) in [5.41, 5.74) is 0. The van der Waals surface area contributed by atoms with E-state index in [1.165, 1.54) is 0 Å². The zero-order chi connectivity index (χ0) is 10.8. The average Bonchev–Trinajstić information content (AvgIpc) is 2.14. The molecule has 2 heteroatoms. The van der Waals surface area contributed by atoms with Crippen LogP contribution in [-0.2, 0) is 4.74 Å². The van der Waals surface area contributed by atoms with Crippen molar-refractivity contribution in [2.45, 2.75) is 39.7 Å². The van der Waals surface area contributed by atoms with E-state index in [-0.39, 0.29) is 0 Å². The Kier molecular flexibility index (Phi) is 9.00. The van der Waals surface area contributed by atoms with Gasteiger partial charge in [0.25, 0.3) is 0 Å². The Hall–Kier alpha value is -0.340. The van der Waals surface area contributed by atoms with Gasteiger partial charge in [0.05, 0.1) is 6.61 Å². The first kappa shape index (κ1) is 13.7. The second-order valence-electron chi connectivity index (χ2n) is 4.17. The molecule has 84 valence electrons. The van der Waals surface area contributed by atoms with Crippen LogP contribution in [0.4, 0.5) is 0 Å². The Bertz CT molecular complexity index is 134. The molecule has 2 nitrogen and oxygen atoms in total. The van der Waals surface area contributed by atoms with Crippen molar-refractivity contribution in [3.63, 3.8) is 0 Å². The molecular formula is C12H25NO. The molecule has 0 radical (unpaired) electrons. The SMILES string of the molecule is C=CCCCOCC(C)CNC(C)C. The predicted octanol–water partition coefficient (Wildman–Crippen LogP) is 2.60. The van der Waals surface area contributed by atoms with Gasteiger partial charge in [-0.05, 0) is 18.8 Å². The lowest BCUT2D eigenvalue weighted by Gasteiger charge is -2.14. The van der Waals surface area contributed by atoms with E-state index in [4.69, 9.17) is 4.74 Å². The number of rotatable bonds is 9. The van der Waals surface area contributed by atoms with Gasteiger partial charge >= 0.3 is 0 Å². The van der Waals surface area contributed by atoms with Crippen LogP contribution in [0, 0.1) is 5.92 Å². The van der Waals surface area contributed by atoms with Crippen molar-refractivity contribution in [1.82, 2.24) is 5.32 Å². The van der Waals surface area contributed by atoms with Gasteiger partial charge in [-0.3, -0.25) is 0 Å². The number of unbranched alkanes of at least 4 members (excludes halogenated alkanes) is 1. The Labute approximate surface area is 88.7 Å². The Morgan fingerprint density at radius 2 is 2.07 bits per heavy atom. The van der Waals surface area contributed by atoms with Crippen LogP contribution in [0.3, 0.4) is 0 Å². The second kappa shape index (κ2) is 9.22. The molecule has 0 bridgehead atoms. The average molecular weight is 199 g/mol. The fourth-order valence-electron chi connectivity index (χ4n) is 1.11. The molecule has 1 unspecified atom stereocenters. The lowest BCUT2D eigenvalue weighted by Crippen LogP contribution is -2.29. The van der Waals surface area contributed by atoms with Gasteiger partial charge in [-0.15, -0.1) is 6.58 Å². The predicted molar refractivity (Wildman–Crippen MR) is 62.6 cm³/mol. The van der Waals surface area contributed by atoms with Crippen molar-refractivity contribution in [3.8, 4) is 0 Å². The lowest BCUT2D eigenvalue weighted by atomic mass is 10.2. The van der Waals surface area contributed by atoms with E-state index >= 15 is 0 Å². The summed E-state index contributed by atoms with van der Waals surface area (Å²) in [6, 6.07) is 0.568. The molecule has 1 atom stereocenters. The zero-order valence-corrected chi connectivity index (χ0v) is 9.88. The van der Waals surface area contributed by atoms with Crippen LogP contribution in [0.25, 0.3) is 0 Å². The molecule has 0 aliphatic rings. The molecule has 0 saturated carbocycles. The largest absolute Gasteiger partial charge is 0.381 e. The summed E-state index contributed by atoms with van der Waals surface area (Å²) in [4.78, 5) is 0. The summed E-state index contributed by atoms with van der Waals surface area (Å²) < 4.78 is 5.54. The maximum atomic E-state index is 5.54. The molecule has 0 fully saturated rings. The minimum atomic E-state index is 0.568. The minimum Gasteiger partial charge on any atom is -0.381 e. The highest BCUT2D eigenvalue weighted by molar-refractivity contribution is 4.65. The molecule has 0 saturated heterocycles. The molecule has 0 amide bonds. The molecular weight excluding hydrogens is 174 g/mol. The first-order valence-corrected chi connectivity index (χ1v) is 5.58. The maximum absolute atomic E-state index is 5.54. The van der Waals surface area contributed by atoms with Crippen molar-refractivity contribution in [1.29, 1.82) is 0 Å².